The summed E-state index contributed by atoms with van der Waals surface area (Å²) < 4.78 is 0. The zero-order chi connectivity index (χ0) is 8.69. The van der Waals surface area contributed by atoms with Crippen LogP contribution >= 0.6 is 0 Å². The molecule has 0 spiro atoms. The van der Waals surface area contributed by atoms with Gasteiger partial charge in [0.15, 0.2) is 0 Å². The highest BCUT2D eigenvalue weighted by Crippen LogP contribution is 2.04. The van der Waals surface area contributed by atoms with Gasteiger partial charge in [-0.3, -0.25) is 0 Å². The third-order valence-electron chi connectivity index (χ3n) is 1.55. The Morgan fingerprint density at radius 3 is 2.45 bits per heavy atom. The molecule has 0 saturated heterocycles. The van der Waals surface area contributed by atoms with Gasteiger partial charge in [0.1, 0.15) is 0 Å². The van der Waals surface area contributed by atoms with Gasteiger partial charge in [-0.05, 0) is 26.2 Å². The summed E-state index contributed by atoms with van der Waals surface area (Å²) in [5, 5.41) is 0. The predicted molar refractivity (Wildman–Crippen MR) is 52.6 cm³/mol. The monoisotopic (exact) mass is 150 g/mol. The van der Waals surface area contributed by atoms with Gasteiger partial charge in [-0.1, -0.05) is 36.8 Å². The molecule has 0 aliphatic carbocycles. The lowest BCUT2D eigenvalue weighted by Crippen LogP contribution is -1.73. The van der Waals surface area contributed by atoms with E-state index in [1.54, 1.807) is 0 Å². The van der Waals surface area contributed by atoms with Gasteiger partial charge in [0.25, 0.3) is 0 Å². The van der Waals surface area contributed by atoms with E-state index in [1.165, 1.54) is 11.1 Å². The average molecular weight is 150 g/mol. The van der Waals surface area contributed by atoms with Crippen molar-refractivity contribution in [2.24, 2.45) is 0 Å². The molecule has 0 aromatic heterocycles. The fourth-order valence-electron chi connectivity index (χ4n) is 0.698. The summed E-state index contributed by atoms with van der Waals surface area (Å²) in [6.45, 7) is 11.9. The Kier molecular flexibility index (Phi) is 5.54. The summed E-state index contributed by atoms with van der Waals surface area (Å²) in [6, 6.07) is 0. The van der Waals surface area contributed by atoms with E-state index in [2.05, 4.69) is 39.2 Å². The Bertz CT molecular complexity index is 161. The molecule has 0 unspecified atom stereocenters. The molecule has 62 valence electrons. The van der Waals surface area contributed by atoms with Crippen LogP contribution in [-0.2, 0) is 0 Å². The first kappa shape index (κ1) is 10.2. The first-order valence-electron chi connectivity index (χ1n) is 4.15. The number of hydrogen-bond acceptors (Lipinski definition) is 0. The molecular weight excluding hydrogens is 132 g/mol. The second-order valence-electron chi connectivity index (χ2n) is 2.91. The molecule has 0 aliphatic rings. The van der Waals surface area contributed by atoms with Crippen LogP contribution in [-0.4, -0.2) is 0 Å². The molecule has 11 heavy (non-hydrogen) atoms. The lowest BCUT2D eigenvalue weighted by Gasteiger charge is -1.93. The van der Waals surface area contributed by atoms with Crippen molar-refractivity contribution in [2.45, 2.75) is 33.1 Å². The lowest BCUT2D eigenvalue weighted by molar-refractivity contribution is 0.980. The second-order valence-corrected chi connectivity index (χ2v) is 2.91. The summed E-state index contributed by atoms with van der Waals surface area (Å²) in [5.74, 6) is 0. The van der Waals surface area contributed by atoms with E-state index in [0.29, 0.717) is 0 Å². The molecule has 0 amide bonds. The third kappa shape index (κ3) is 7.11. The Morgan fingerprint density at radius 2 is 2.00 bits per heavy atom. The predicted octanol–water partition coefficient (Wildman–Crippen LogP) is 3.87. The van der Waals surface area contributed by atoms with Crippen LogP contribution in [0.3, 0.4) is 0 Å². The SMILES string of the molecule is C=C(C)CCC=CC(=C)CC. The van der Waals surface area contributed by atoms with Crippen molar-refractivity contribution in [3.63, 3.8) is 0 Å². The molecule has 0 rings (SSSR count). The first-order chi connectivity index (χ1) is 5.16. The van der Waals surface area contributed by atoms with Crippen LogP contribution in [0.25, 0.3) is 0 Å². The molecule has 0 heterocycles. The molecule has 0 aromatic rings. The van der Waals surface area contributed by atoms with Crippen molar-refractivity contribution in [1.29, 1.82) is 0 Å². The number of hydrogen-bond donors (Lipinski definition) is 0. The Morgan fingerprint density at radius 1 is 1.36 bits per heavy atom. The van der Waals surface area contributed by atoms with E-state index in [0.717, 1.165) is 19.3 Å². The minimum Gasteiger partial charge on any atom is -0.100 e. The zero-order valence-corrected chi connectivity index (χ0v) is 7.69. The minimum absolute atomic E-state index is 1.05. The fourth-order valence-corrected chi connectivity index (χ4v) is 0.698. The Labute approximate surface area is 70.3 Å². The molecule has 0 saturated carbocycles. The normalized spacial score (nSPS) is 10.4. The molecule has 0 radical (unpaired) electrons. The van der Waals surface area contributed by atoms with Crippen molar-refractivity contribution in [1.82, 2.24) is 0 Å². The van der Waals surface area contributed by atoms with Gasteiger partial charge in [-0.2, -0.15) is 0 Å². The van der Waals surface area contributed by atoms with Gasteiger partial charge >= 0.3 is 0 Å². The van der Waals surface area contributed by atoms with Gasteiger partial charge in [-0.15, -0.1) is 6.58 Å². The van der Waals surface area contributed by atoms with Crippen LogP contribution in [0, 0.1) is 0 Å². The van der Waals surface area contributed by atoms with E-state index < -0.39 is 0 Å². The molecular formula is C11H18. The Balaban J connectivity index is 3.45. The molecule has 0 heteroatoms. The maximum atomic E-state index is 3.88. The van der Waals surface area contributed by atoms with Crippen LogP contribution in [0.15, 0.2) is 36.5 Å². The summed E-state index contributed by atoms with van der Waals surface area (Å²) in [5.41, 5.74) is 2.45. The van der Waals surface area contributed by atoms with Crippen LogP contribution in [0.5, 0.6) is 0 Å². The largest absolute Gasteiger partial charge is 0.100 e. The minimum atomic E-state index is 1.05. The second kappa shape index (κ2) is 5.96. The maximum Gasteiger partial charge on any atom is -0.0291 e. The van der Waals surface area contributed by atoms with Crippen molar-refractivity contribution in [3.05, 3.63) is 36.5 Å². The topological polar surface area (TPSA) is 0 Å². The van der Waals surface area contributed by atoms with Crippen LogP contribution in [0.1, 0.15) is 33.1 Å². The molecule has 0 fully saturated rings. The average Bonchev–Trinajstić information content (AvgIpc) is 1.97. The van der Waals surface area contributed by atoms with Crippen molar-refractivity contribution >= 4 is 0 Å². The van der Waals surface area contributed by atoms with Gasteiger partial charge in [0.2, 0.25) is 0 Å². The van der Waals surface area contributed by atoms with Crippen LogP contribution < -0.4 is 0 Å². The summed E-state index contributed by atoms with van der Waals surface area (Å²) >= 11 is 0. The van der Waals surface area contributed by atoms with E-state index in [4.69, 9.17) is 0 Å². The van der Waals surface area contributed by atoms with Gasteiger partial charge in [0.05, 0.1) is 0 Å². The van der Waals surface area contributed by atoms with Crippen molar-refractivity contribution in [2.75, 3.05) is 0 Å². The van der Waals surface area contributed by atoms with E-state index in [1.807, 2.05) is 0 Å². The fraction of sp³-hybridized carbons (Fsp3) is 0.455. The molecule has 0 nitrogen and oxygen atoms in total. The molecule has 0 aromatic carbocycles. The highest BCUT2D eigenvalue weighted by molar-refractivity contribution is 5.13. The maximum absolute atomic E-state index is 3.88. The molecule has 0 aliphatic heterocycles. The summed E-state index contributed by atoms with van der Waals surface area (Å²) in [4.78, 5) is 0. The van der Waals surface area contributed by atoms with E-state index in [-0.39, 0.29) is 0 Å². The smallest absolute Gasteiger partial charge is 0.0291 e. The quantitative estimate of drug-likeness (QED) is 0.412. The van der Waals surface area contributed by atoms with Crippen molar-refractivity contribution in [3.8, 4) is 0 Å². The molecule has 0 bridgehead atoms. The third-order valence-corrected chi connectivity index (χ3v) is 1.55. The highest BCUT2D eigenvalue weighted by atomic mass is 13.9. The van der Waals surface area contributed by atoms with Crippen LogP contribution in [0.4, 0.5) is 0 Å². The van der Waals surface area contributed by atoms with Gasteiger partial charge in [-0.25, -0.2) is 0 Å². The summed E-state index contributed by atoms with van der Waals surface area (Å²) in [7, 11) is 0. The lowest BCUT2D eigenvalue weighted by atomic mass is 10.1. The number of allylic oxidation sites excluding steroid dienone is 4. The van der Waals surface area contributed by atoms with E-state index in [9.17, 15) is 0 Å². The Hall–Kier alpha value is -0.780. The highest BCUT2D eigenvalue weighted by Gasteiger charge is 1.83. The van der Waals surface area contributed by atoms with E-state index >= 15 is 0 Å². The molecule has 0 atom stereocenters. The van der Waals surface area contributed by atoms with Crippen molar-refractivity contribution < 1.29 is 0 Å². The van der Waals surface area contributed by atoms with Crippen LogP contribution in [0.2, 0.25) is 0 Å². The van der Waals surface area contributed by atoms with Gasteiger partial charge < -0.3 is 0 Å². The standard InChI is InChI=1S/C11H18/c1-5-11(4)9-7-6-8-10(2)3/h7,9H,2,4-6,8H2,1,3H3. The number of rotatable bonds is 5. The van der Waals surface area contributed by atoms with Gasteiger partial charge in [0, 0.05) is 0 Å². The first-order valence-corrected chi connectivity index (χ1v) is 4.15. The molecule has 0 N–H and O–H groups in total. The zero-order valence-electron chi connectivity index (χ0n) is 7.69. The summed E-state index contributed by atoms with van der Waals surface area (Å²) in [6.07, 6.45) is 7.49.